The van der Waals surface area contributed by atoms with Crippen LogP contribution in [0, 0.1) is 17.8 Å². The van der Waals surface area contributed by atoms with E-state index in [1.54, 1.807) is 0 Å². The Morgan fingerprint density at radius 3 is 2.27 bits per heavy atom. The van der Waals surface area contributed by atoms with Gasteiger partial charge in [-0.25, -0.2) is 0 Å². The molecule has 2 aliphatic rings. The number of rotatable bonds is 9. The molecule has 0 aromatic heterocycles. The summed E-state index contributed by atoms with van der Waals surface area (Å²) in [5.74, 6) is -1.58. The van der Waals surface area contributed by atoms with E-state index in [9.17, 15) is 9.59 Å². The van der Waals surface area contributed by atoms with E-state index >= 15 is 0 Å². The van der Waals surface area contributed by atoms with E-state index in [1.165, 1.54) is 13.8 Å². The van der Waals surface area contributed by atoms with E-state index in [-0.39, 0.29) is 30.7 Å². The highest BCUT2D eigenvalue weighted by Gasteiger charge is 2.49. The minimum atomic E-state index is -1.14. The molecule has 204 valence electrons. The first-order chi connectivity index (χ1) is 17.6. The minimum Gasteiger partial charge on any atom is -0.463 e. The lowest BCUT2D eigenvalue weighted by Gasteiger charge is -2.48. The molecule has 3 rings (SSSR count). The van der Waals surface area contributed by atoms with Gasteiger partial charge in [0.05, 0.1) is 24.9 Å². The Hall–Kier alpha value is -2.69. The van der Waals surface area contributed by atoms with Crippen LogP contribution in [0.5, 0.6) is 0 Å². The van der Waals surface area contributed by atoms with Crippen molar-refractivity contribution in [1.29, 1.82) is 0 Å². The lowest BCUT2D eigenvalue weighted by Crippen LogP contribution is -2.59. The van der Waals surface area contributed by atoms with Gasteiger partial charge in [0, 0.05) is 30.6 Å². The molecule has 0 N–H and O–H groups in total. The maximum Gasteiger partial charge on any atom is 0.304 e. The molecule has 2 heterocycles. The molecule has 2 fully saturated rings. The molecule has 1 aromatic carbocycles. The third-order valence-electron chi connectivity index (χ3n) is 7.06. The van der Waals surface area contributed by atoms with Crippen LogP contribution in [-0.4, -0.2) is 61.6 Å². The summed E-state index contributed by atoms with van der Waals surface area (Å²) >= 11 is 0. The second-order valence-corrected chi connectivity index (χ2v) is 9.80. The van der Waals surface area contributed by atoms with Gasteiger partial charge in [0.2, 0.25) is 6.29 Å². The zero-order valence-electron chi connectivity index (χ0n) is 22.2. The van der Waals surface area contributed by atoms with Crippen LogP contribution < -0.4 is 0 Å². The van der Waals surface area contributed by atoms with Crippen LogP contribution in [0.2, 0.25) is 0 Å². The molecule has 5 unspecified atom stereocenters. The first-order valence-electron chi connectivity index (χ1n) is 12.6. The van der Waals surface area contributed by atoms with Gasteiger partial charge in [-0.1, -0.05) is 56.2 Å². The molecular formula is C26H37N3O8. The maximum atomic E-state index is 11.7. The summed E-state index contributed by atoms with van der Waals surface area (Å²) in [6.07, 6.45) is -3.60. The van der Waals surface area contributed by atoms with Crippen LogP contribution >= 0.6 is 0 Å². The number of azide groups is 1. The Morgan fingerprint density at radius 2 is 1.65 bits per heavy atom. The lowest BCUT2D eigenvalue weighted by molar-refractivity contribution is -0.321. The number of hydrogen-bond donors (Lipinski definition) is 0. The van der Waals surface area contributed by atoms with Crippen molar-refractivity contribution in [2.45, 2.75) is 91.2 Å². The molecule has 2 saturated heterocycles. The normalized spacial score (nSPS) is 35.7. The van der Waals surface area contributed by atoms with Crippen LogP contribution in [0.3, 0.4) is 0 Å². The standard InChI is InChI=1S/C26H37N3O8/c1-14-17(4)34-25(16(3)23(14)33-12-20-10-8-7-9-11-20)37-24-15(2)22(28-29-27)26(35-19(6)31)36-21(24)13-32-18(5)30/h7-11,14-17,21-26H,12-13H2,1-6H3/t14-,15-,16?,17?,21?,22?,23-,24-,25+,26?/m1/s1. The van der Waals surface area contributed by atoms with E-state index in [0.717, 1.165) is 5.56 Å². The van der Waals surface area contributed by atoms with Crippen molar-refractivity contribution in [1.82, 2.24) is 0 Å². The first kappa shape index (κ1) is 28.9. The number of nitrogens with zero attached hydrogens (tertiary/aromatic N) is 3. The molecule has 0 amide bonds. The number of ether oxygens (including phenoxy) is 6. The van der Waals surface area contributed by atoms with Crippen molar-refractivity contribution >= 4 is 11.9 Å². The highest BCUT2D eigenvalue weighted by Crippen LogP contribution is 2.38. The van der Waals surface area contributed by atoms with Crippen molar-refractivity contribution in [3.05, 3.63) is 46.3 Å². The summed E-state index contributed by atoms with van der Waals surface area (Å²) in [6, 6.07) is 9.09. The predicted molar refractivity (Wildman–Crippen MR) is 132 cm³/mol. The van der Waals surface area contributed by atoms with Gasteiger partial charge in [-0.3, -0.25) is 9.59 Å². The predicted octanol–water partition coefficient (Wildman–Crippen LogP) is 4.14. The van der Waals surface area contributed by atoms with Crippen molar-refractivity contribution < 1.29 is 38.0 Å². The third-order valence-corrected chi connectivity index (χ3v) is 7.06. The van der Waals surface area contributed by atoms with Crippen LogP contribution in [0.4, 0.5) is 0 Å². The Labute approximate surface area is 217 Å². The smallest absolute Gasteiger partial charge is 0.304 e. The molecule has 11 nitrogen and oxygen atoms in total. The summed E-state index contributed by atoms with van der Waals surface area (Å²) in [6.45, 7) is 10.7. The molecule has 37 heavy (non-hydrogen) atoms. The number of hydrogen-bond acceptors (Lipinski definition) is 9. The van der Waals surface area contributed by atoms with E-state index in [1.807, 2.05) is 51.1 Å². The Kier molecular flexibility index (Phi) is 10.3. The number of carbonyl (C=O) groups is 2. The van der Waals surface area contributed by atoms with Gasteiger partial charge >= 0.3 is 11.9 Å². The quantitative estimate of drug-likeness (QED) is 0.205. The molecule has 0 saturated carbocycles. The van der Waals surface area contributed by atoms with Gasteiger partial charge < -0.3 is 28.4 Å². The van der Waals surface area contributed by atoms with Gasteiger partial charge in [-0.2, -0.15) is 0 Å². The van der Waals surface area contributed by atoms with E-state index in [2.05, 4.69) is 16.9 Å². The average molecular weight is 520 g/mol. The molecule has 10 atom stereocenters. The molecule has 0 aliphatic carbocycles. The van der Waals surface area contributed by atoms with Crippen molar-refractivity contribution in [3.8, 4) is 0 Å². The maximum absolute atomic E-state index is 11.7. The topological polar surface area (TPSA) is 138 Å². The third kappa shape index (κ3) is 7.43. The fraction of sp³-hybridized carbons (Fsp3) is 0.692. The molecular weight excluding hydrogens is 482 g/mol. The van der Waals surface area contributed by atoms with Gasteiger partial charge in [0.1, 0.15) is 18.8 Å². The molecule has 1 aromatic rings. The molecule has 2 aliphatic heterocycles. The summed E-state index contributed by atoms with van der Waals surface area (Å²) < 4.78 is 35.5. The van der Waals surface area contributed by atoms with E-state index in [4.69, 9.17) is 34.0 Å². The summed E-state index contributed by atoms with van der Waals surface area (Å²) in [5, 5.41) is 3.82. The number of benzene rings is 1. The van der Waals surface area contributed by atoms with Gasteiger partial charge in [-0.15, -0.1) is 0 Å². The van der Waals surface area contributed by atoms with Crippen molar-refractivity contribution in [2.75, 3.05) is 6.61 Å². The second kappa shape index (κ2) is 13.2. The van der Waals surface area contributed by atoms with Crippen LogP contribution in [0.25, 0.3) is 10.4 Å². The summed E-state index contributed by atoms with van der Waals surface area (Å²) in [7, 11) is 0. The minimum absolute atomic E-state index is 0.111. The van der Waals surface area contributed by atoms with Crippen LogP contribution in [0.1, 0.15) is 47.1 Å². The fourth-order valence-corrected chi connectivity index (χ4v) is 4.88. The zero-order valence-corrected chi connectivity index (χ0v) is 22.2. The first-order valence-corrected chi connectivity index (χ1v) is 12.6. The largest absolute Gasteiger partial charge is 0.463 e. The van der Waals surface area contributed by atoms with E-state index < -0.39 is 48.7 Å². The Morgan fingerprint density at radius 1 is 0.946 bits per heavy atom. The van der Waals surface area contributed by atoms with Crippen molar-refractivity contribution in [2.24, 2.45) is 22.9 Å². The average Bonchev–Trinajstić information content (AvgIpc) is 2.85. The molecule has 0 radical (unpaired) electrons. The second-order valence-electron chi connectivity index (χ2n) is 9.80. The van der Waals surface area contributed by atoms with Crippen LogP contribution in [-0.2, 0) is 44.6 Å². The fourth-order valence-electron chi connectivity index (χ4n) is 4.88. The molecule has 0 spiro atoms. The van der Waals surface area contributed by atoms with Gasteiger partial charge in [-0.05, 0) is 23.9 Å². The zero-order chi connectivity index (χ0) is 27.1. The SMILES string of the molecule is CC(=O)OCC1OC(OC(C)=O)C(N=[N+]=[N-])[C@@H](C)[C@H]1O[C@@H]1OC(C)[C@@H](C)[C@@H](OCc2ccccc2)C1C. The Balaban J connectivity index is 1.81. The van der Waals surface area contributed by atoms with Gasteiger partial charge in [0.15, 0.2) is 6.29 Å². The summed E-state index contributed by atoms with van der Waals surface area (Å²) in [5.41, 5.74) is 10.2. The molecule has 0 bridgehead atoms. The van der Waals surface area contributed by atoms with Gasteiger partial charge in [0.25, 0.3) is 0 Å². The lowest BCUT2D eigenvalue weighted by atomic mass is 9.85. The van der Waals surface area contributed by atoms with Crippen molar-refractivity contribution in [3.63, 3.8) is 0 Å². The number of carbonyl (C=O) groups excluding carboxylic acids is 2. The highest BCUT2D eigenvalue weighted by molar-refractivity contribution is 5.66. The monoisotopic (exact) mass is 519 g/mol. The summed E-state index contributed by atoms with van der Waals surface area (Å²) in [4.78, 5) is 26.1. The molecule has 11 heteroatoms. The number of esters is 2. The van der Waals surface area contributed by atoms with E-state index in [0.29, 0.717) is 6.61 Å². The Bertz CT molecular complexity index is 956. The van der Waals surface area contributed by atoms with Crippen LogP contribution in [0.15, 0.2) is 35.4 Å². The highest BCUT2D eigenvalue weighted by atomic mass is 16.7.